The zero-order chi connectivity index (χ0) is 34.2. The van der Waals surface area contributed by atoms with E-state index in [9.17, 15) is 17.6 Å². The van der Waals surface area contributed by atoms with E-state index in [0.717, 1.165) is 34.6 Å². The summed E-state index contributed by atoms with van der Waals surface area (Å²) in [5.74, 6) is -3.01. The number of hydrogen-bond acceptors (Lipinski definition) is 0. The third kappa shape index (κ3) is 8.13. The number of benzene rings is 4. The summed E-state index contributed by atoms with van der Waals surface area (Å²) in [7, 11) is 0. The fourth-order valence-electron chi connectivity index (χ4n) is 5.42. The Hall–Kier alpha value is -3.66. The van der Waals surface area contributed by atoms with Crippen LogP contribution in [0.2, 0.25) is 0 Å². The van der Waals surface area contributed by atoms with Crippen molar-refractivity contribution in [1.82, 2.24) is 0 Å². The fourth-order valence-corrected chi connectivity index (χ4v) is 9.88. The standard InChI is InChI=1S/C21H20F2Se.C21H18F2Se/c2*1-3-5-16-10-13-19(24-16)18-12-11-17(20(22)21(18)23)15-8-6-14(4-2)7-9-15/h6-13H,3-5H2,1-2H3;3,5-13H,4H2,1-2H3. The summed E-state index contributed by atoms with van der Waals surface area (Å²) in [6, 6.07) is 29.9. The monoisotopic (exact) mass is 778 g/mol. The Morgan fingerprint density at radius 3 is 1.40 bits per heavy atom. The number of hydrogen-bond donors (Lipinski definition) is 0. The topological polar surface area (TPSA) is 0 Å². The van der Waals surface area contributed by atoms with Gasteiger partial charge in [0.2, 0.25) is 0 Å². The molecule has 246 valence electrons. The van der Waals surface area contributed by atoms with Crippen molar-refractivity contribution in [2.45, 2.75) is 53.4 Å². The molecule has 0 saturated heterocycles. The molecule has 2 aromatic heterocycles. The van der Waals surface area contributed by atoms with Crippen molar-refractivity contribution in [3.63, 3.8) is 0 Å². The van der Waals surface area contributed by atoms with Crippen LogP contribution in [-0.4, -0.2) is 29.0 Å². The van der Waals surface area contributed by atoms with E-state index in [1.54, 1.807) is 24.3 Å². The zero-order valence-electron chi connectivity index (χ0n) is 27.5. The molecule has 0 atom stereocenters. The van der Waals surface area contributed by atoms with Gasteiger partial charge in [-0.15, -0.1) is 0 Å². The van der Waals surface area contributed by atoms with E-state index >= 15 is 0 Å². The first-order valence-electron chi connectivity index (χ1n) is 16.2. The molecular formula is C42H38F4Se2. The Bertz CT molecular complexity index is 2000. The molecule has 6 rings (SSSR count). The quantitative estimate of drug-likeness (QED) is 0.101. The van der Waals surface area contributed by atoms with Crippen molar-refractivity contribution >= 4 is 35.1 Å². The predicted molar refractivity (Wildman–Crippen MR) is 196 cm³/mol. The van der Waals surface area contributed by atoms with Crippen molar-refractivity contribution in [3.05, 3.63) is 146 Å². The molecule has 0 saturated carbocycles. The Kier molecular flexibility index (Phi) is 12.4. The number of halogens is 4. The van der Waals surface area contributed by atoms with Crippen LogP contribution in [0.4, 0.5) is 17.6 Å². The van der Waals surface area contributed by atoms with Gasteiger partial charge < -0.3 is 0 Å². The van der Waals surface area contributed by atoms with Crippen LogP contribution in [0.15, 0.2) is 103 Å². The average Bonchev–Trinajstić information content (AvgIpc) is 3.78. The maximum absolute atomic E-state index is 14.6. The van der Waals surface area contributed by atoms with Crippen molar-refractivity contribution in [2.24, 2.45) is 0 Å². The molecule has 2 heterocycles. The molecule has 0 amide bonds. The minimum atomic E-state index is -0.770. The van der Waals surface area contributed by atoms with Crippen LogP contribution in [0.25, 0.3) is 48.3 Å². The normalized spacial score (nSPS) is 11.2. The van der Waals surface area contributed by atoms with Gasteiger partial charge in [-0.3, -0.25) is 0 Å². The Balaban J connectivity index is 0.000000188. The van der Waals surface area contributed by atoms with Gasteiger partial charge in [0.25, 0.3) is 0 Å². The van der Waals surface area contributed by atoms with E-state index in [0.29, 0.717) is 33.4 Å². The van der Waals surface area contributed by atoms with Crippen LogP contribution >= 0.6 is 0 Å². The molecule has 0 N–H and O–H groups in total. The molecule has 0 nitrogen and oxygen atoms in total. The second-order valence-corrected chi connectivity index (χ2v) is 16.2. The van der Waals surface area contributed by atoms with Gasteiger partial charge in [0.1, 0.15) is 0 Å². The molecule has 6 heteroatoms. The van der Waals surface area contributed by atoms with Gasteiger partial charge in [-0.25, -0.2) is 0 Å². The zero-order valence-corrected chi connectivity index (χ0v) is 31.0. The van der Waals surface area contributed by atoms with E-state index in [4.69, 9.17) is 0 Å². The SMILES string of the molecule is CC=Cc1ccc(-c2ccc(-c3ccc(CC)cc3)c(F)c2F)[se]1.CCCc1ccc(-c2ccc(-c3ccc(CC)cc3)c(F)c2F)[se]1. The molecule has 0 aliphatic carbocycles. The van der Waals surface area contributed by atoms with Gasteiger partial charge in [-0.05, 0) is 0 Å². The van der Waals surface area contributed by atoms with Crippen LogP contribution < -0.4 is 0 Å². The number of allylic oxidation sites excluding steroid dienone is 1. The minimum absolute atomic E-state index is 0.0179. The van der Waals surface area contributed by atoms with Gasteiger partial charge in [-0.1, -0.05) is 0 Å². The van der Waals surface area contributed by atoms with Gasteiger partial charge in [0, 0.05) is 0 Å². The van der Waals surface area contributed by atoms with Crippen LogP contribution in [0.3, 0.4) is 0 Å². The molecule has 6 aromatic rings. The number of rotatable bonds is 9. The predicted octanol–water partition coefficient (Wildman–Crippen LogP) is 11.8. The molecule has 0 radical (unpaired) electrons. The van der Waals surface area contributed by atoms with E-state index in [-0.39, 0.29) is 29.0 Å². The van der Waals surface area contributed by atoms with Crippen LogP contribution in [0.5, 0.6) is 0 Å². The third-order valence-corrected chi connectivity index (χ3v) is 12.9. The summed E-state index contributed by atoms with van der Waals surface area (Å²) in [5, 5.41) is 0. The number of aryl methyl sites for hydroxylation is 3. The summed E-state index contributed by atoms with van der Waals surface area (Å²) in [6.45, 7) is 8.22. The summed E-state index contributed by atoms with van der Waals surface area (Å²) in [4.78, 5) is 0. The summed E-state index contributed by atoms with van der Waals surface area (Å²) < 4.78 is 62.8. The molecule has 0 unspecified atom stereocenters. The van der Waals surface area contributed by atoms with Crippen LogP contribution in [-0.2, 0) is 19.3 Å². The van der Waals surface area contributed by atoms with Gasteiger partial charge in [-0.2, -0.15) is 0 Å². The molecule has 0 spiro atoms. The molecule has 0 aliphatic rings. The van der Waals surface area contributed by atoms with Crippen LogP contribution in [0.1, 0.15) is 54.1 Å². The van der Waals surface area contributed by atoms with Crippen molar-refractivity contribution in [1.29, 1.82) is 0 Å². The first-order valence-corrected chi connectivity index (χ1v) is 19.7. The van der Waals surface area contributed by atoms with E-state index in [2.05, 4.69) is 26.8 Å². The van der Waals surface area contributed by atoms with Gasteiger partial charge in [0.05, 0.1) is 0 Å². The van der Waals surface area contributed by atoms with Crippen molar-refractivity contribution in [3.8, 4) is 42.3 Å². The molecule has 4 aromatic carbocycles. The van der Waals surface area contributed by atoms with Gasteiger partial charge in [0.15, 0.2) is 0 Å². The summed E-state index contributed by atoms with van der Waals surface area (Å²) in [5.41, 5.74) is 5.20. The van der Waals surface area contributed by atoms with E-state index in [1.807, 2.05) is 85.8 Å². The Morgan fingerprint density at radius 1 is 0.500 bits per heavy atom. The second kappa shape index (κ2) is 16.6. The Morgan fingerprint density at radius 2 is 0.938 bits per heavy atom. The van der Waals surface area contributed by atoms with Crippen LogP contribution in [0, 0.1) is 23.3 Å². The first-order chi connectivity index (χ1) is 23.3. The molecule has 0 fully saturated rings. The summed E-state index contributed by atoms with van der Waals surface area (Å²) in [6.07, 6.45) is 7.95. The van der Waals surface area contributed by atoms with E-state index in [1.165, 1.54) is 20.0 Å². The summed E-state index contributed by atoms with van der Waals surface area (Å²) >= 11 is 0.123. The second-order valence-electron chi connectivity index (χ2n) is 11.4. The third-order valence-electron chi connectivity index (χ3n) is 8.16. The molecule has 0 aliphatic heterocycles. The molecular weight excluding hydrogens is 738 g/mol. The first kappa shape index (κ1) is 35.6. The maximum atomic E-state index is 14.6. The fraction of sp³-hybridized carbons (Fsp3) is 0.190. The van der Waals surface area contributed by atoms with Crippen molar-refractivity contribution < 1.29 is 17.6 Å². The Labute approximate surface area is 293 Å². The van der Waals surface area contributed by atoms with Gasteiger partial charge >= 0.3 is 295 Å². The molecule has 48 heavy (non-hydrogen) atoms. The average molecular weight is 777 g/mol. The van der Waals surface area contributed by atoms with Crippen molar-refractivity contribution in [2.75, 3.05) is 0 Å². The van der Waals surface area contributed by atoms with E-state index < -0.39 is 23.3 Å². The molecule has 0 bridgehead atoms.